The van der Waals surface area contributed by atoms with Crippen LogP contribution in [0.3, 0.4) is 0 Å². The number of hydrogen-bond donors (Lipinski definition) is 0. The summed E-state index contributed by atoms with van der Waals surface area (Å²) in [6.45, 7) is 0.584. The first-order chi connectivity index (χ1) is 11.8. The van der Waals surface area contributed by atoms with Gasteiger partial charge >= 0.3 is 0 Å². The molecule has 126 valence electrons. The van der Waals surface area contributed by atoms with Crippen molar-refractivity contribution < 1.29 is 9.53 Å². The van der Waals surface area contributed by atoms with E-state index >= 15 is 0 Å². The molecular weight excluding hydrogens is 296 g/mol. The van der Waals surface area contributed by atoms with Crippen LogP contribution in [0.15, 0.2) is 54.6 Å². The quantitative estimate of drug-likeness (QED) is 0.687. The van der Waals surface area contributed by atoms with Crippen LogP contribution < -0.4 is 4.74 Å². The van der Waals surface area contributed by atoms with Crippen LogP contribution in [0, 0.1) is 5.92 Å². The van der Waals surface area contributed by atoms with Gasteiger partial charge in [-0.05, 0) is 42.5 Å². The molecule has 2 nitrogen and oxygen atoms in total. The molecule has 1 fully saturated rings. The molecule has 2 aromatic rings. The number of carbonyl (C=O) groups excluding carboxylic acids is 1. The predicted octanol–water partition coefficient (Wildman–Crippen LogP) is 5.35. The average Bonchev–Trinajstić information content (AvgIpc) is 2.67. The zero-order valence-electron chi connectivity index (χ0n) is 14.2. The first-order valence-electron chi connectivity index (χ1n) is 9.09. The topological polar surface area (TPSA) is 26.3 Å². The van der Waals surface area contributed by atoms with E-state index in [1.807, 2.05) is 30.3 Å². The predicted molar refractivity (Wildman–Crippen MR) is 97.1 cm³/mol. The highest BCUT2D eigenvalue weighted by molar-refractivity contribution is 5.81. The Morgan fingerprint density at radius 3 is 2.29 bits per heavy atom. The molecular formula is C22H26O2. The van der Waals surface area contributed by atoms with Crippen molar-refractivity contribution >= 4 is 5.78 Å². The summed E-state index contributed by atoms with van der Waals surface area (Å²) in [4.78, 5) is 12.3. The van der Waals surface area contributed by atoms with E-state index in [-0.39, 0.29) is 0 Å². The molecule has 24 heavy (non-hydrogen) atoms. The smallest absolute Gasteiger partial charge is 0.136 e. The zero-order valence-corrected chi connectivity index (χ0v) is 14.2. The number of benzene rings is 2. The molecule has 0 radical (unpaired) electrons. The van der Waals surface area contributed by atoms with E-state index in [4.69, 9.17) is 4.74 Å². The van der Waals surface area contributed by atoms with Crippen LogP contribution in [-0.2, 0) is 17.8 Å². The highest BCUT2D eigenvalue weighted by atomic mass is 16.5. The Kier molecular flexibility index (Phi) is 6.06. The van der Waals surface area contributed by atoms with Crippen LogP contribution in [-0.4, -0.2) is 5.78 Å². The molecule has 0 bridgehead atoms. The maximum atomic E-state index is 12.3. The fourth-order valence-electron chi connectivity index (χ4n) is 3.39. The second-order valence-electron chi connectivity index (χ2n) is 6.72. The van der Waals surface area contributed by atoms with E-state index < -0.39 is 0 Å². The van der Waals surface area contributed by atoms with Gasteiger partial charge in [-0.1, -0.05) is 61.7 Å². The third kappa shape index (κ3) is 4.95. The molecule has 0 heterocycles. The monoisotopic (exact) mass is 322 g/mol. The van der Waals surface area contributed by atoms with Gasteiger partial charge in [0.05, 0.1) is 0 Å². The summed E-state index contributed by atoms with van der Waals surface area (Å²) in [5.41, 5.74) is 2.38. The van der Waals surface area contributed by atoms with E-state index in [0.29, 0.717) is 24.7 Å². The lowest BCUT2D eigenvalue weighted by atomic mass is 9.84. The first-order valence-corrected chi connectivity index (χ1v) is 9.09. The zero-order chi connectivity index (χ0) is 16.6. The summed E-state index contributed by atoms with van der Waals surface area (Å²) < 4.78 is 5.80. The van der Waals surface area contributed by atoms with Gasteiger partial charge < -0.3 is 4.74 Å². The lowest BCUT2D eigenvalue weighted by molar-refractivity contribution is -0.123. The van der Waals surface area contributed by atoms with E-state index in [1.54, 1.807) is 0 Å². The number of Topliss-reactive ketones (excluding diaryl/α,β-unsaturated/α-hetero) is 1. The lowest BCUT2D eigenvalue weighted by Crippen LogP contribution is -2.18. The number of aryl methyl sites for hydroxylation is 1. The Morgan fingerprint density at radius 2 is 1.58 bits per heavy atom. The van der Waals surface area contributed by atoms with Gasteiger partial charge in [0.1, 0.15) is 18.1 Å². The summed E-state index contributed by atoms with van der Waals surface area (Å²) >= 11 is 0. The molecule has 2 heteroatoms. The van der Waals surface area contributed by atoms with Gasteiger partial charge in [-0.25, -0.2) is 0 Å². The standard InChI is InChI=1S/C22H26O2/c23-22(20-9-5-2-6-10-20)16-13-18-11-14-21(15-12-18)24-17-19-7-3-1-4-8-19/h1,3-4,7-8,11-12,14-15,20H,2,5-6,9-10,13,16-17H2. The fourth-order valence-corrected chi connectivity index (χ4v) is 3.39. The average molecular weight is 322 g/mol. The fraction of sp³-hybridized carbons (Fsp3) is 0.409. The van der Waals surface area contributed by atoms with Crippen LogP contribution in [0.4, 0.5) is 0 Å². The van der Waals surface area contributed by atoms with Crippen molar-refractivity contribution in [1.82, 2.24) is 0 Å². The lowest BCUT2D eigenvalue weighted by Gasteiger charge is -2.20. The molecule has 0 atom stereocenters. The van der Waals surface area contributed by atoms with Crippen LogP contribution >= 0.6 is 0 Å². The Bertz CT molecular complexity index is 625. The maximum absolute atomic E-state index is 12.3. The van der Waals surface area contributed by atoms with E-state index in [1.165, 1.54) is 30.4 Å². The number of rotatable bonds is 7. The molecule has 1 saturated carbocycles. The van der Waals surface area contributed by atoms with Crippen molar-refractivity contribution in [2.24, 2.45) is 5.92 Å². The number of ether oxygens (including phenoxy) is 1. The number of ketones is 1. The van der Waals surface area contributed by atoms with Crippen LogP contribution in [0.1, 0.15) is 49.7 Å². The molecule has 2 aromatic carbocycles. The molecule has 1 aliphatic carbocycles. The molecule has 0 unspecified atom stereocenters. The molecule has 0 aromatic heterocycles. The molecule has 0 N–H and O–H groups in total. The summed E-state index contributed by atoms with van der Waals surface area (Å²) in [7, 11) is 0. The normalized spacial score (nSPS) is 15.2. The second-order valence-corrected chi connectivity index (χ2v) is 6.72. The van der Waals surface area contributed by atoms with E-state index in [2.05, 4.69) is 24.3 Å². The minimum absolute atomic E-state index is 0.326. The van der Waals surface area contributed by atoms with Gasteiger partial charge in [-0.2, -0.15) is 0 Å². The largest absolute Gasteiger partial charge is 0.489 e. The summed E-state index contributed by atoms with van der Waals surface area (Å²) in [6.07, 6.45) is 7.47. The Hall–Kier alpha value is -2.09. The number of hydrogen-bond acceptors (Lipinski definition) is 2. The van der Waals surface area contributed by atoms with Gasteiger partial charge in [0.25, 0.3) is 0 Å². The van der Waals surface area contributed by atoms with Crippen molar-refractivity contribution in [2.75, 3.05) is 0 Å². The van der Waals surface area contributed by atoms with Gasteiger partial charge in [-0.3, -0.25) is 4.79 Å². The Morgan fingerprint density at radius 1 is 0.875 bits per heavy atom. The Labute approximate surface area is 144 Å². The van der Waals surface area contributed by atoms with E-state index in [0.717, 1.165) is 25.0 Å². The highest BCUT2D eigenvalue weighted by Gasteiger charge is 2.20. The molecule has 0 aliphatic heterocycles. The summed E-state index contributed by atoms with van der Waals surface area (Å²) in [5, 5.41) is 0. The van der Waals surface area contributed by atoms with Crippen molar-refractivity contribution in [3.63, 3.8) is 0 Å². The minimum atomic E-state index is 0.326. The van der Waals surface area contributed by atoms with E-state index in [9.17, 15) is 4.79 Å². The maximum Gasteiger partial charge on any atom is 0.136 e. The first kappa shape index (κ1) is 16.8. The minimum Gasteiger partial charge on any atom is -0.489 e. The number of carbonyl (C=O) groups is 1. The van der Waals surface area contributed by atoms with Crippen LogP contribution in [0.2, 0.25) is 0 Å². The molecule has 1 aliphatic rings. The van der Waals surface area contributed by atoms with Crippen LogP contribution in [0.25, 0.3) is 0 Å². The third-order valence-electron chi connectivity index (χ3n) is 4.89. The third-order valence-corrected chi connectivity index (χ3v) is 4.89. The van der Waals surface area contributed by atoms with Crippen molar-refractivity contribution in [1.29, 1.82) is 0 Å². The van der Waals surface area contributed by atoms with Gasteiger partial charge in [0.2, 0.25) is 0 Å². The second kappa shape index (κ2) is 8.68. The van der Waals surface area contributed by atoms with Crippen LogP contribution in [0.5, 0.6) is 5.75 Å². The van der Waals surface area contributed by atoms with Gasteiger partial charge in [0.15, 0.2) is 0 Å². The summed E-state index contributed by atoms with van der Waals surface area (Å²) in [5.74, 6) is 1.66. The Balaban J connectivity index is 1.45. The molecule has 0 amide bonds. The van der Waals surface area contributed by atoms with Crippen molar-refractivity contribution in [3.05, 3.63) is 65.7 Å². The van der Waals surface area contributed by atoms with Gasteiger partial charge in [-0.15, -0.1) is 0 Å². The van der Waals surface area contributed by atoms with Crippen molar-refractivity contribution in [2.45, 2.75) is 51.6 Å². The van der Waals surface area contributed by atoms with Crippen molar-refractivity contribution in [3.8, 4) is 5.75 Å². The summed E-state index contributed by atoms with van der Waals surface area (Å²) in [6, 6.07) is 18.3. The molecule has 0 spiro atoms. The molecule has 0 saturated heterocycles. The van der Waals surface area contributed by atoms with Gasteiger partial charge in [0, 0.05) is 12.3 Å². The SMILES string of the molecule is O=C(CCc1ccc(OCc2ccccc2)cc1)C1CCCCC1. The highest BCUT2D eigenvalue weighted by Crippen LogP contribution is 2.26. The molecule has 3 rings (SSSR count).